The molecule has 0 aromatic rings. The van der Waals surface area contributed by atoms with Gasteiger partial charge in [0.25, 0.3) is 5.91 Å². The molecule has 0 radical (unpaired) electrons. The summed E-state index contributed by atoms with van der Waals surface area (Å²) in [6.07, 6.45) is 2.92. The number of carbonyl (C=O) groups excluding carboxylic acids is 1. The standard InChI is InChI=1S/C9H15NO2/c1-6(2)3-7-4-8(5-7)9(11)10-12/h6-8H,3-5H2,1-2H3. The van der Waals surface area contributed by atoms with Gasteiger partial charge in [0.05, 0.1) is 0 Å². The first-order valence-electron chi connectivity index (χ1n) is 4.50. The summed E-state index contributed by atoms with van der Waals surface area (Å²) in [5.41, 5.74) is 0. The maximum absolute atomic E-state index is 10.7. The fourth-order valence-corrected chi connectivity index (χ4v) is 1.87. The molecule has 1 saturated carbocycles. The zero-order valence-corrected chi connectivity index (χ0v) is 7.62. The predicted octanol–water partition coefficient (Wildman–Crippen LogP) is 2.35. The van der Waals surface area contributed by atoms with Crippen LogP contribution in [0.5, 0.6) is 0 Å². The van der Waals surface area contributed by atoms with Gasteiger partial charge in [-0.2, -0.15) is 0 Å². The number of amides is 1. The number of nitrogens with zero attached hydrogens (tertiary/aromatic N) is 1. The highest BCUT2D eigenvalue weighted by Gasteiger charge is 2.34. The SMILES string of the molecule is CC(C)CC1CC(C(=O)N=O)C1. The zero-order chi connectivity index (χ0) is 9.14. The van der Waals surface area contributed by atoms with E-state index < -0.39 is 5.91 Å². The molecule has 3 nitrogen and oxygen atoms in total. The lowest BCUT2D eigenvalue weighted by atomic mass is 9.71. The average Bonchev–Trinajstić information content (AvgIpc) is 1.94. The van der Waals surface area contributed by atoms with E-state index in [1.54, 1.807) is 0 Å². The van der Waals surface area contributed by atoms with Crippen LogP contribution in [0.4, 0.5) is 0 Å². The molecule has 0 saturated heterocycles. The van der Waals surface area contributed by atoms with Crippen LogP contribution in [0.25, 0.3) is 0 Å². The minimum Gasteiger partial charge on any atom is -0.269 e. The summed E-state index contributed by atoms with van der Waals surface area (Å²) < 4.78 is 0. The molecule has 12 heavy (non-hydrogen) atoms. The van der Waals surface area contributed by atoms with Crippen molar-refractivity contribution in [1.29, 1.82) is 0 Å². The van der Waals surface area contributed by atoms with E-state index >= 15 is 0 Å². The molecule has 0 unspecified atom stereocenters. The van der Waals surface area contributed by atoms with E-state index in [0.717, 1.165) is 12.8 Å². The summed E-state index contributed by atoms with van der Waals surface area (Å²) in [7, 11) is 0. The van der Waals surface area contributed by atoms with Crippen molar-refractivity contribution in [2.75, 3.05) is 0 Å². The van der Waals surface area contributed by atoms with Gasteiger partial charge in [0.2, 0.25) is 0 Å². The van der Waals surface area contributed by atoms with Gasteiger partial charge in [-0.25, -0.2) is 0 Å². The van der Waals surface area contributed by atoms with Crippen molar-refractivity contribution >= 4 is 5.91 Å². The van der Waals surface area contributed by atoms with E-state index in [1.165, 1.54) is 6.42 Å². The molecule has 0 heterocycles. The molecular formula is C9H15NO2. The van der Waals surface area contributed by atoms with Crippen LogP contribution in [-0.4, -0.2) is 5.91 Å². The molecule has 0 bridgehead atoms. The first-order chi connectivity index (χ1) is 5.63. The Morgan fingerprint density at radius 1 is 1.50 bits per heavy atom. The Kier molecular flexibility index (Phi) is 2.95. The Bertz CT molecular complexity index is 183. The highest BCUT2D eigenvalue weighted by atomic mass is 16.3. The molecule has 1 rings (SSSR count). The van der Waals surface area contributed by atoms with Gasteiger partial charge in [-0.15, -0.1) is 4.91 Å². The van der Waals surface area contributed by atoms with Gasteiger partial charge < -0.3 is 0 Å². The second-order valence-electron chi connectivity index (χ2n) is 4.09. The Labute approximate surface area is 72.5 Å². The smallest absolute Gasteiger partial charge is 0.269 e. The van der Waals surface area contributed by atoms with E-state index in [-0.39, 0.29) is 5.92 Å². The van der Waals surface area contributed by atoms with Crippen molar-refractivity contribution in [2.24, 2.45) is 22.9 Å². The van der Waals surface area contributed by atoms with Crippen molar-refractivity contribution in [2.45, 2.75) is 33.1 Å². The van der Waals surface area contributed by atoms with Crippen molar-refractivity contribution < 1.29 is 4.79 Å². The van der Waals surface area contributed by atoms with Gasteiger partial charge in [-0.05, 0) is 31.1 Å². The Balaban J connectivity index is 2.19. The fraction of sp³-hybridized carbons (Fsp3) is 0.889. The molecule has 0 N–H and O–H groups in total. The summed E-state index contributed by atoms with van der Waals surface area (Å²) in [5.74, 6) is 0.845. The molecule has 68 valence electrons. The fourth-order valence-electron chi connectivity index (χ4n) is 1.87. The van der Waals surface area contributed by atoms with Crippen LogP contribution in [0.15, 0.2) is 5.18 Å². The summed E-state index contributed by atoms with van der Waals surface area (Å²) in [5, 5.41) is 2.44. The van der Waals surface area contributed by atoms with Crippen LogP contribution in [0.1, 0.15) is 33.1 Å². The highest BCUT2D eigenvalue weighted by Crippen LogP contribution is 2.38. The lowest BCUT2D eigenvalue weighted by molar-refractivity contribution is -0.125. The topological polar surface area (TPSA) is 46.5 Å². The first kappa shape index (κ1) is 9.36. The zero-order valence-electron chi connectivity index (χ0n) is 7.62. The molecule has 1 amide bonds. The summed E-state index contributed by atoms with van der Waals surface area (Å²) in [6.45, 7) is 4.35. The minimum atomic E-state index is -0.449. The monoisotopic (exact) mass is 169 g/mol. The molecule has 1 fully saturated rings. The van der Waals surface area contributed by atoms with E-state index in [1.807, 2.05) is 0 Å². The van der Waals surface area contributed by atoms with Gasteiger partial charge >= 0.3 is 0 Å². The molecular weight excluding hydrogens is 154 g/mol. The van der Waals surface area contributed by atoms with Gasteiger partial charge in [0, 0.05) is 11.1 Å². The second kappa shape index (κ2) is 3.78. The predicted molar refractivity (Wildman–Crippen MR) is 46.5 cm³/mol. The van der Waals surface area contributed by atoms with Crippen molar-refractivity contribution in [3.05, 3.63) is 4.91 Å². The summed E-state index contributed by atoms with van der Waals surface area (Å²) in [6, 6.07) is 0. The Morgan fingerprint density at radius 2 is 2.08 bits per heavy atom. The van der Waals surface area contributed by atoms with Crippen molar-refractivity contribution in [3.8, 4) is 0 Å². The molecule has 0 spiro atoms. The Morgan fingerprint density at radius 3 is 2.50 bits per heavy atom. The molecule has 0 aromatic carbocycles. The Hall–Kier alpha value is -0.730. The normalized spacial score (nSPS) is 28.2. The third kappa shape index (κ3) is 2.13. The summed E-state index contributed by atoms with van der Waals surface area (Å²) in [4.78, 5) is 20.6. The molecule has 0 aromatic heterocycles. The quantitative estimate of drug-likeness (QED) is 0.609. The maximum Gasteiger partial charge on any atom is 0.289 e. The van der Waals surface area contributed by atoms with Crippen LogP contribution in [-0.2, 0) is 4.79 Å². The number of carbonyl (C=O) groups is 1. The highest BCUT2D eigenvalue weighted by molar-refractivity contribution is 5.80. The maximum atomic E-state index is 10.7. The molecule has 1 aliphatic rings. The van der Waals surface area contributed by atoms with Crippen LogP contribution in [0.3, 0.4) is 0 Å². The van der Waals surface area contributed by atoms with E-state index in [2.05, 4.69) is 19.0 Å². The largest absolute Gasteiger partial charge is 0.289 e. The van der Waals surface area contributed by atoms with Gasteiger partial charge in [-0.3, -0.25) is 4.79 Å². The summed E-state index contributed by atoms with van der Waals surface area (Å²) >= 11 is 0. The minimum absolute atomic E-state index is 0.0498. The van der Waals surface area contributed by atoms with E-state index in [4.69, 9.17) is 0 Å². The van der Waals surface area contributed by atoms with Crippen LogP contribution in [0.2, 0.25) is 0 Å². The lowest BCUT2D eigenvalue weighted by Gasteiger charge is -2.33. The van der Waals surface area contributed by atoms with E-state index in [9.17, 15) is 9.70 Å². The van der Waals surface area contributed by atoms with E-state index in [0.29, 0.717) is 11.8 Å². The van der Waals surface area contributed by atoms with Gasteiger partial charge in [0.1, 0.15) is 0 Å². The van der Waals surface area contributed by atoms with Crippen molar-refractivity contribution in [3.63, 3.8) is 0 Å². The van der Waals surface area contributed by atoms with Gasteiger partial charge in [-0.1, -0.05) is 13.8 Å². The van der Waals surface area contributed by atoms with Crippen LogP contribution < -0.4 is 0 Å². The number of hydrogen-bond donors (Lipinski definition) is 0. The lowest BCUT2D eigenvalue weighted by Crippen LogP contribution is -2.30. The van der Waals surface area contributed by atoms with Crippen LogP contribution >= 0.6 is 0 Å². The van der Waals surface area contributed by atoms with Crippen LogP contribution in [0, 0.1) is 22.7 Å². The first-order valence-corrected chi connectivity index (χ1v) is 4.50. The third-order valence-corrected chi connectivity index (χ3v) is 2.48. The van der Waals surface area contributed by atoms with Gasteiger partial charge in [0.15, 0.2) is 0 Å². The number of rotatable bonds is 3. The second-order valence-corrected chi connectivity index (χ2v) is 4.09. The average molecular weight is 169 g/mol. The number of nitroso groups, excluding NO2 is 1. The van der Waals surface area contributed by atoms with Crippen molar-refractivity contribution in [1.82, 2.24) is 0 Å². The molecule has 3 heteroatoms. The molecule has 1 aliphatic carbocycles. The molecule has 0 aliphatic heterocycles. The number of hydrogen-bond acceptors (Lipinski definition) is 2. The molecule has 0 atom stereocenters. The third-order valence-electron chi connectivity index (χ3n) is 2.48.